The van der Waals surface area contributed by atoms with Crippen LogP contribution >= 0.6 is 11.6 Å². The molecule has 0 N–H and O–H groups in total. The molecule has 1 saturated carbocycles. The highest BCUT2D eigenvalue weighted by molar-refractivity contribution is 6.33. The third-order valence-electron chi connectivity index (χ3n) is 5.92. The Morgan fingerprint density at radius 2 is 1.96 bits per heavy atom. The van der Waals surface area contributed by atoms with Crippen LogP contribution in [0.3, 0.4) is 0 Å². The SMILES string of the molecule is COc1ccc(CN2CC[C@]3(OC)CC[C@@H](OC)C[C@H]23)c(Cl)c1OC. The molecule has 1 aromatic carbocycles. The number of halogens is 1. The van der Waals surface area contributed by atoms with E-state index in [2.05, 4.69) is 4.90 Å². The predicted octanol–water partition coefficient (Wildman–Crippen LogP) is 3.52. The van der Waals surface area contributed by atoms with Crippen molar-refractivity contribution in [3.05, 3.63) is 22.7 Å². The van der Waals surface area contributed by atoms with E-state index in [1.165, 1.54) is 0 Å². The van der Waals surface area contributed by atoms with Gasteiger partial charge >= 0.3 is 0 Å². The van der Waals surface area contributed by atoms with Crippen LogP contribution in [0.1, 0.15) is 31.2 Å². The third kappa shape index (κ3) is 3.35. The first-order valence-corrected chi connectivity index (χ1v) is 9.17. The average Bonchev–Trinajstić information content (AvgIpc) is 3.01. The minimum absolute atomic E-state index is 0.0575. The predicted molar refractivity (Wildman–Crippen MR) is 97.8 cm³/mol. The molecular formula is C19H28ClNO4. The van der Waals surface area contributed by atoms with Gasteiger partial charge in [-0.3, -0.25) is 4.90 Å². The van der Waals surface area contributed by atoms with E-state index in [0.29, 0.717) is 28.7 Å². The molecule has 0 bridgehead atoms. The first-order chi connectivity index (χ1) is 12.1. The number of methoxy groups -OCH3 is 4. The summed E-state index contributed by atoms with van der Waals surface area (Å²) < 4.78 is 22.4. The molecule has 1 aliphatic carbocycles. The third-order valence-corrected chi connectivity index (χ3v) is 6.34. The summed E-state index contributed by atoms with van der Waals surface area (Å²) in [6.45, 7) is 1.77. The Morgan fingerprint density at radius 1 is 1.16 bits per heavy atom. The van der Waals surface area contributed by atoms with E-state index in [0.717, 1.165) is 44.3 Å². The quantitative estimate of drug-likeness (QED) is 0.767. The molecule has 1 aromatic rings. The second-order valence-electron chi connectivity index (χ2n) is 6.91. The zero-order valence-electron chi connectivity index (χ0n) is 15.5. The standard InChI is InChI=1S/C19H28ClNO4/c1-22-14-7-8-19(25-4)9-10-21(16(19)11-14)12-13-5-6-15(23-2)18(24-3)17(13)20/h5-6,14,16H,7-12H2,1-4H3/t14-,16+,19-/m1/s1. The zero-order chi connectivity index (χ0) is 18.0. The molecule has 0 amide bonds. The molecule has 1 aliphatic heterocycles. The second-order valence-corrected chi connectivity index (χ2v) is 7.29. The van der Waals surface area contributed by atoms with Crippen LogP contribution < -0.4 is 9.47 Å². The van der Waals surface area contributed by atoms with Crippen LogP contribution in [-0.2, 0) is 16.0 Å². The molecule has 0 unspecified atom stereocenters. The van der Waals surface area contributed by atoms with Crippen molar-refractivity contribution in [2.24, 2.45) is 0 Å². The average molecular weight is 370 g/mol. The van der Waals surface area contributed by atoms with Gasteiger partial charge in [0.05, 0.1) is 30.9 Å². The Kier molecular flexibility index (Phi) is 5.78. The van der Waals surface area contributed by atoms with Crippen LogP contribution in [0, 0.1) is 0 Å². The molecule has 2 aliphatic rings. The van der Waals surface area contributed by atoms with Crippen molar-refractivity contribution in [1.29, 1.82) is 0 Å². The summed E-state index contributed by atoms with van der Waals surface area (Å²) in [6, 6.07) is 4.28. The Hall–Kier alpha value is -1.01. The molecule has 140 valence electrons. The van der Waals surface area contributed by atoms with Gasteiger partial charge in [-0.15, -0.1) is 0 Å². The van der Waals surface area contributed by atoms with Gasteiger partial charge in [0, 0.05) is 33.4 Å². The zero-order valence-corrected chi connectivity index (χ0v) is 16.3. The maximum absolute atomic E-state index is 6.58. The summed E-state index contributed by atoms with van der Waals surface area (Å²) in [5.74, 6) is 1.25. The van der Waals surface area contributed by atoms with E-state index in [-0.39, 0.29) is 5.60 Å². The maximum atomic E-state index is 6.58. The lowest BCUT2D eigenvalue weighted by atomic mass is 9.79. The molecule has 3 rings (SSSR count). The number of fused-ring (bicyclic) bond motifs is 1. The van der Waals surface area contributed by atoms with Gasteiger partial charge in [0.25, 0.3) is 0 Å². The van der Waals surface area contributed by atoms with Crippen LogP contribution in [0.15, 0.2) is 12.1 Å². The van der Waals surface area contributed by atoms with Crippen LogP contribution in [0.4, 0.5) is 0 Å². The summed E-state index contributed by atoms with van der Waals surface area (Å²) in [5, 5.41) is 0.621. The summed E-state index contributed by atoms with van der Waals surface area (Å²) in [4.78, 5) is 2.47. The topological polar surface area (TPSA) is 40.2 Å². The number of hydrogen-bond donors (Lipinski definition) is 0. The van der Waals surface area contributed by atoms with Gasteiger partial charge in [-0.1, -0.05) is 17.7 Å². The highest BCUT2D eigenvalue weighted by Crippen LogP contribution is 2.45. The molecular weight excluding hydrogens is 342 g/mol. The maximum Gasteiger partial charge on any atom is 0.179 e. The minimum atomic E-state index is -0.0575. The van der Waals surface area contributed by atoms with E-state index >= 15 is 0 Å². The van der Waals surface area contributed by atoms with Crippen molar-refractivity contribution in [2.75, 3.05) is 35.0 Å². The number of benzene rings is 1. The van der Waals surface area contributed by atoms with Crippen molar-refractivity contribution in [2.45, 2.75) is 50.0 Å². The molecule has 2 fully saturated rings. The molecule has 25 heavy (non-hydrogen) atoms. The highest BCUT2D eigenvalue weighted by atomic mass is 35.5. The van der Waals surface area contributed by atoms with Crippen molar-refractivity contribution < 1.29 is 18.9 Å². The van der Waals surface area contributed by atoms with Crippen molar-refractivity contribution in [3.8, 4) is 11.5 Å². The lowest BCUT2D eigenvalue weighted by Gasteiger charge is -2.43. The Labute approximate surface area is 155 Å². The molecule has 0 spiro atoms. The lowest BCUT2D eigenvalue weighted by Crippen LogP contribution is -2.51. The molecule has 6 heteroatoms. The van der Waals surface area contributed by atoms with E-state index in [4.69, 9.17) is 30.5 Å². The van der Waals surface area contributed by atoms with Crippen molar-refractivity contribution in [1.82, 2.24) is 4.90 Å². The summed E-state index contributed by atoms with van der Waals surface area (Å²) in [6.07, 6.45) is 4.45. The Morgan fingerprint density at radius 3 is 2.60 bits per heavy atom. The van der Waals surface area contributed by atoms with E-state index in [1.807, 2.05) is 19.2 Å². The fourth-order valence-corrected chi connectivity index (χ4v) is 4.72. The first-order valence-electron chi connectivity index (χ1n) is 8.80. The lowest BCUT2D eigenvalue weighted by molar-refractivity contribution is -0.0947. The van der Waals surface area contributed by atoms with Gasteiger partial charge < -0.3 is 18.9 Å². The smallest absolute Gasteiger partial charge is 0.179 e. The number of hydrogen-bond acceptors (Lipinski definition) is 5. The monoisotopic (exact) mass is 369 g/mol. The van der Waals surface area contributed by atoms with Gasteiger partial charge in [-0.05, 0) is 37.3 Å². The highest BCUT2D eigenvalue weighted by Gasteiger charge is 2.51. The van der Waals surface area contributed by atoms with Gasteiger partial charge in [0.2, 0.25) is 0 Å². The van der Waals surface area contributed by atoms with Crippen molar-refractivity contribution >= 4 is 11.6 Å². The van der Waals surface area contributed by atoms with E-state index in [9.17, 15) is 0 Å². The summed E-state index contributed by atoms with van der Waals surface area (Å²) in [5.41, 5.74) is 0.990. The van der Waals surface area contributed by atoms with Crippen LogP contribution in [0.5, 0.6) is 11.5 Å². The summed E-state index contributed by atoms with van der Waals surface area (Å²) in [7, 11) is 6.87. The minimum Gasteiger partial charge on any atom is -0.493 e. The van der Waals surface area contributed by atoms with Gasteiger partial charge in [-0.2, -0.15) is 0 Å². The Balaban J connectivity index is 1.83. The number of likely N-dealkylation sites (tertiary alicyclic amines) is 1. The van der Waals surface area contributed by atoms with Crippen LogP contribution in [0.25, 0.3) is 0 Å². The van der Waals surface area contributed by atoms with Gasteiger partial charge in [-0.25, -0.2) is 0 Å². The molecule has 5 nitrogen and oxygen atoms in total. The van der Waals surface area contributed by atoms with Gasteiger partial charge in [0.15, 0.2) is 11.5 Å². The second kappa shape index (κ2) is 7.70. The van der Waals surface area contributed by atoms with E-state index in [1.54, 1.807) is 21.3 Å². The largest absolute Gasteiger partial charge is 0.493 e. The number of ether oxygens (including phenoxy) is 4. The van der Waals surface area contributed by atoms with E-state index < -0.39 is 0 Å². The van der Waals surface area contributed by atoms with Crippen LogP contribution in [0.2, 0.25) is 5.02 Å². The molecule has 0 aromatic heterocycles. The Bertz CT molecular complexity index is 611. The first kappa shape index (κ1) is 18.8. The molecule has 0 radical (unpaired) electrons. The molecule has 3 atom stereocenters. The van der Waals surface area contributed by atoms with Gasteiger partial charge in [0.1, 0.15) is 0 Å². The molecule has 1 heterocycles. The van der Waals surface area contributed by atoms with Crippen LogP contribution in [-0.4, -0.2) is 57.6 Å². The fourth-order valence-electron chi connectivity index (χ4n) is 4.43. The molecule has 1 saturated heterocycles. The summed E-state index contributed by atoms with van der Waals surface area (Å²) >= 11 is 6.58. The number of rotatable bonds is 6. The fraction of sp³-hybridized carbons (Fsp3) is 0.684. The van der Waals surface area contributed by atoms with Crippen molar-refractivity contribution in [3.63, 3.8) is 0 Å². The number of nitrogens with zero attached hydrogens (tertiary/aromatic N) is 1. The normalized spacial score (nSPS) is 29.5.